The second-order valence-electron chi connectivity index (χ2n) is 10.8. The predicted molar refractivity (Wildman–Crippen MR) is 173 cm³/mol. The Morgan fingerprint density at radius 1 is 0.864 bits per heavy atom. The first-order valence-corrected chi connectivity index (χ1v) is 13.9. The molecule has 5 heterocycles. The third kappa shape index (κ3) is 4.08. The molecule has 9 nitrogen and oxygen atoms in total. The van der Waals surface area contributed by atoms with E-state index in [0.29, 0.717) is 44.7 Å². The average Bonchev–Trinajstić information content (AvgIpc) is 3.72. The quantitative estimate of drug-likeness (QED) is 0.236. The van der Waals surface area contributed by atoms with Gasteiger partial charge in [0.2, 0.25) is 0 Å². The van der Waals surface area contributed by atoms with Gasteiger partial charge in [-0.15, -0.1) is 0 Å². The Kier molecular flexibility index (Phi) is 6.61. The van der Waals surface area contributed by atoms with Gasteiger partial charge in [-0.05, 0) is 74.2 Å². The van der Waals surface area contributed by atoms with Gasteiger partial charge in [0.25, 0.3) is 0 Å². The van der Waals surface area contributed by atoms with Crippen molar-refractivity contribution in [3.05, 3.63) is 99.2 Å². The number of carboxylic acids is 1. The zero-order valence-corrected chi connectivity index (χ0v) is 25.0. The van der Waals surface area contributed by atoms with Gasteiger partial charge in [0.15, 0.2) is 0 Å². The number of hydrogen-bond acceptors (Lipinski definition) is 6. The number of carbonyl (C=O) groups is 2. The summed E-state index contributed by atoms with van der Waals surface area (Å²) in [7, 11) is 1.23. The van der Waals surface area contributed by atoms with Crippen LogP contribution in [0.4, 0.5) is 0 Å². The summed E-state index contributed by atoms with van der Waals surface area (Å²) in [4.78, 5) is 41.6. The topological polar surface area (TPSA) is 141 Å². The fraction of sp³-hybridized carbons (Fsp3) is 0.143. The van der Waals surface area contributed by atoms with Crippen molar-refractivity contribution in [2.24, 2.45) is 0 Å². The van der Waals surface area contributed by atoms with E-state index in [9.17, 15) is 19.8 Å². The molecule has 3 aromatic heterocycles. The smallest absolute Gasteiger partial charge is 0.342 e. The average molecular weight is 587 g/mol. The maximum Gasteiger partial charge on any atom is 0.342 e. The molecule has 3 aromatic rings. The first-order valence-electron chi connectivity index (χ1n) is 13.9. The Morgan fingerprint density at radius 3 is 2.07 bits per heavy atom. The molecule has 220 valence electrons. The van der Waals surface area contributed by atoms with E-state index >= 15 is 0 Å². The molecule has 1 aliphatic carbocycles. The van der Waals surface area contributed by atoms with Crippen molar-refractivity contribution in [1.29, 1.82) is 0 Å². The van der Waals surface area contributed by atoms with Crippen LogP contribution >= 0.6 is 0 Å². The molecule has 0 atom stereocenters. The number of fused-ring (bicyclic) bond motifs is 8. The van der Waals surface area contributed by atoms with Crippen molar-refractivity contribution in [3.8, 4) is 0 Å². The summed E-state index contributed by atoms with van der Waals surface area (Å²) in [5.41, 5.74) is 10.4. The number of aliphatic carboxylic acids is 1. The lowest BCUT2D eigenvalue weighted by molar-refractivity contribution is -0.134. The predicted octanol–water partition coefficient (Wildman–Crippen LogP) is 5.27. The highest BCUT2D eigenvalue weighted by Gasteiger charge is 2.35. The van der Waals surface area contributed by atoms with Gasteiger partial charge in [-0.1, -0.05) is 25.3 Å². The highest BCUT2D eigenvalue weighted by molar-refractivity contribution is 6.24. The first-order chi connectivity index (χ1) is 21.0. The minimum Gasteiger partial charge on any atom is -0.506 e. The summed E-state index contributed by atoms with van der Waals surface area (Å²) in [6, 6.07) is 5.79. The van der Waals surface area contributed by atoms with E-state index in [0.717, 1.165) is 50.4 Å². The molecular weight excluding hydrogens is 556 g/mol. The lowest BCUT2D eigenvalue weighted by Crippen LogP contribution is -2.20. The van der Waals surface area contributed by atoms with Crippen LogP contribution < -0.4 is 10.6 Å². The lowest BCUT2D eigenvalue weighted by atomic mass is 10.0. The number of ether oxygens (including phenoxy) is 1. The number of aryl methyl sites for hydroxylation is 2. The minimum absolute atomic E-state index is 0.0820. The number of nitrogens with one attached hydrogen (secondary N) is 2. The summed E-state index contributed by atoms with van der Waals surface area (Å²) in [5.74, 6) is -2.17. The number of rotatable bonds is 5. The molecule has 9 heteroatoms. The Labute approximate surface area is 252 Å². The van der Waals surface area contributed by atoms with Gasteiger partial charge >= 0.3 is 11.9 Å². The number of hydrogen-bond donors (Lipinski definition) is 4. The molecule has 0 amide bonds. The number of aliphatic hydroxyl groups is 1. The van der Waals surface area contributed by atoms with Gasteiger partial charge in [-0.25, -0.2) is 19.6 Å². The number of carbonyl (C=O) groups excluding carboxylic acids is 1. The summed E-state index contributed by atoms with van der Waals surface area (Å²) in [6.07, 6.45) is 6.04. The second kappa shape index (κ2) is 10.2. The van der Waals surface area contributed by atoms with E-state index in [1.807, 2.05) is 45.9 Å². The van der Waals surface area contributed by atoms with Crippen LogP contribution in [0.5, 0.6) is 0 Å². The van der Waals surface area contributed by atoms with Crippen LogP contribution in [-0.4, -0.2) is 49.2 Å². The molecule has 44 heavy (non-hydrogen) atoms. The molecule has 8 bridgehead atoms. The number of H-pyrrole nitrogens is 2. The molecular formula is C35H30N4O5. The number of esters is 1. The molecule has 3 aliphatic rings. The standard InChI is InChI=1S/C35H30N4O5/c1-8-19-15(3)22-12-24-17(5)21(10-11-28(40)41)32(38-24)30-31(35(43)44-7)34(42)29-18(6)25(39-33(29)30)14-27-20(9-2)16(4)23(37-27)13-26(19)36-22/h8-14,36-37,42H,1-2H2,3-7H3,(H,40,41). The molecule has 0 spiro atoms. The molecule has 4 N–H and O–H groups in total. The van der Waals surface area contributed by atoms with Crippen LogP contribution in [-0.2, 0) is 14.3 Å². The van der Waals surface area contributed by atoms with Gasteiger partial charge in [0.05, 0.1) is 29.5 Å². The van der Waals surface area contributed by atoms with E-state index < -0.39 is 11.9 Å². The summed E-state index contributed by atoms with van der Waals surface area (Å²) in [5, 5.41) is 21.8. The summed E-state index contributed by atoms with van der Waals surface area (Å²) >= 11 is 0. The zero-order valence-electron chi connectivity index (χ0n) is 25.0. The van der Waals surface area contributed by atoms with Crippen LogP contribution in [0.15, 0.2) is 49.3 Å². The highest BCUT2D eigenvalue weighted by Crippen LogP contribution is 2.37. The van der Waals surface area contributed by atoms with E-state index in [1.54, 1.807) is 12.2 Å². The monoisotopic (exact) mass is 586 g/mol. The Bertz CT molecular complexity index is 2290. The van der Waals surface area contributed by atoms with Gasteiger partial charge in [0, 0.05) is 55.6 Å². The van der Waals surface area contributed by atoms with Crippen molar-refractivity contribution in [3.63, 3.8) is 0 Å². The Hall–Kier alpha value is -5.70. The van der Waals surface area contributed by atoms with Gasteiger partial charge in [0.1, 0.15) is 11.3 Å². The zero-order chi connectivity index (χ0) is 31.6. The van der Waals surface area contributed by atoms with Crippen LogP contribution in [0.25, 0.3) is 62.1 Å². The summed E-state index contributed by atoms with van der Waals surface area (Å²) in [6.45, 7) is 15.7. The van der Waals surface area contributed by atoms with E-state index in [1.165, 1.54) is 13.2 Å². The molecule has 0 radical (unpaired) electrons. The highest BCUT2D eigenvalue weighted by atomic mass is 16.5. The molecule has 0 fully saturated rings. The van der Waals surface area contributed by atoms with Crippen LogP contribution in [0.1, 0.15) is 53.2 Å². The molecule has 0 saturated carbocycles. The first kappa shape index (κ1) is 28.4. The number of nitrogens with zero attached hydrogens (tertiary/aromatic N) is 2. The number of methoxy groups -OCH3 is 1. The van der Waals surface area contributed by atoms with Crippen LogP contribution in [0, 0.1) is 13.8 Å². The largest absolute Gasteiger partial charge is 0.506 e. The van der Waals surface area contributed by atoms with Crippen molar-refractivity contribution in [2.75, 3.05) is 7.11 Å². The maximum atomic E-state index is 13.2. The van der Waals surface area contributed by atoms with Crippen molar-refractivity contribution in [1.82, 2.24) is 19.9 Å². The third-order valence-electron chi connectivity index (χ3n) is 8.48. The van der Waals surface area contributed by atoms with Gasteiger partial charge in [-0.3, -0.25) is 0 Å². The maximum absolute atomic E-state index is 13.2. The third-order valence-corrected chi connectivity index (χ3v) is 8.48. The fourth-order valence-corrected chi connectivity index (χ4v) is 6.11. The minimum atomic E-state index is -1.14. The number of aromatic amines is 2. The molecule has 0 aromatic carbocycles. The van der Waals surface area contributed by atoms with Crippen LogP contribution in [0.3, 0.4) is 0 Å². The molecule has 2 aliphatic heterocycles. The number of carboxylic acid groups (broad SMARTS) is 1. The van der Waals surface area contributed by atoms with E-state index in [2.05, 4.69) is 23.1 Å². The molecule has 0 unspecified atom stereocenters. The number of allylic oxidation sites excluding steroid dienone is 4. The normalized spacial score (nSPS) is 14.2. The fourth-order valence-electron chi connectivity index (χ4n) is 6.11. The van der Waals surface area contributed by atoms with Gasteiger partial charge in [-0.2, -0.15) is 0 Å². The molecule has 0 saturated heterocycles. The summed E-state index contributed by atoms with van der Waals surface area (Å²) < 4.78 is 5.08. The van der Waals surface area contributed by atoms with Crippen LogP contribution in [0.2, 0.25) is 0 Å². The number of aliphatic hydroxyl groups excluding tert-OH is 1. The lowest BCUT2D eigenvalue weighted by Gasteiger charge is -2.03. The second-order valence-corrected chi connectivity index (χ2v) is 10.8. The van der Waals surface area contributed by atoms with Gasteiger partial charge < -0.3 is 24.9 Å². The van der Waals surface area contributed by atoms with Crippen molar-refractivity contribution < 1.29 is 24.5 Å². The Balaban J connectivity index is 1.93. The van der Waals surface area contributed by atoms with Crippen molar-refractivity contribution >= 4 is 74.0 Å². The van der Waals surface area contributed by atoms with Crippen molar-refractivity contribution in [2.45, 2.75) is 27.7 Å². The SMILES string of the molecule is C=Cc1c(C)c2cc3[nH]c(cc4nc(c5c6nc(cc1[nH]2)=C(C)C6=C(O)C=5C(=O)OC)C(C=CC(=O)O)=C4C)c(C)c3C=C. The van der Waals surface area contributed by atoms with E-state index in [-0.39, 0.29) is 16.6 Å². The van der Waals surface area contributed by atoms with E-state index in [4.69, 9.17) is 14.7 Å². The molecule has 6 rings (SSSR count). The Morgan fingerprint density at radius 2 is 1.48 bits per heavy atom. The number of aromatic nitrogens is 4.